The van der Waals surface area contributed by atoms with Crippen molar-refractivity contribution >= 4 is 16.7 Å². The van der Waals surface area contributed by atoms with Gasteiger partial charge < -0.3 is 23.7 Å². The van der Waals surface area contributed by atoms with Crippen LogP contribution in [-0.4, -0.2) is 76.0 Å². The molecule has 250 valence electrons. The molecule has 1 saturated heterocycles. The monoisotopic (exact) mass is 648 g/mol. The molecule has 4 aromatic rings. The molecule has 5 atom stereocenters. The second-order valence-corrected chi connectivity index (χ2v) is 13.1. The van der Waals surface area contributed by atoms with E-state index in [4.69, 9.17) is 23.7 Å². The van der Waals surface area contributed by atoms with E-state index in [1.807, 2.05) is 18.2 Å². The molecule has 0 saturated carbocycles. The summed E-state index contributed by atoms with van der Waals surface area (Å²) in [7, 11) is 8.94. The van der Waals surface area contributed by atoms with Crippen LogP contribution in [0.4, 0.5) is 0 Å². The first-order chi connectivity index (χ1) is 23.3. The van der Waals surface area contributed by atoms with Crippen molar-refractivity contribution < 1.29 is 28.5 Å². The summed E-state index contributed by atoms with van der Waals surface area (Å²) in [6, 6.07) is 23.7. The van der Waals surface area contributed by atoms with Crippen molar-refractivity contribution in [3.8, 4) is 23.0 Å². The molecule has 0 amide bonds. The van der Waals surface area contributed by atoms with Gasteiger partial charge >= 0.3 is 5.97 Å². The Hall–Kier alpha value is -4.53. The van der Waals surface area contributed by atoms with Gasteiger partial charge in [0.25, 0.3) is 0 Å². The molecule has 1 fully saturated rings. The number of hydrogen-bond acceptors (Lipinski definition) is 8. The lowest BCUT2D eigenvalue weighted by Crippen LogP contribution is -2.68. The lowest BCUT2D eigenvalue weighted by Gasteiger charge is -2.61. The third-order valence-corrected chi connectivity index (χ3v) is 10.7. The fourth-order valence-corrected chi connectivity index (χ4v) is 8.42. The summed E-state index contributed by atoms with van der Waals surface area (Å²) < 4.78 is 29.0. The fourth-order valence-electron chi connectivity index (χ4n) is 8.42. The van der Waals surface area contributed by atoms with Crippen molar-refractivity contribution in [2.45, 2.75) is 56.4 Å². The predicted octanol–water partition coefficient (Wildman–Crippen LogP) is 6.48. The van der Waals surface area contributed by atoms with E-state index >= 15 is 0 Å². The molecule has 7 rings (SSSR count). The topological polar surface area (TPSA) is 69.7 Å². The van der Waals surface area contributed by atoms with Crippen molar-refractivity contribution in [1.29, 1.82) is 0 Å². The molecule has 0 aliphatic carbocycles. The summed E-state index contributed by atoms with van der Waals surface area (Å²) in [6.07, 6.45) is 5.79. The van der Waals surface area contributed by atoms with Gasteiger partial charge in [-0.2, -0.15) is 0 Å². The number of nitrogens with zero attached hydrogens (tertiary/aromatic N) is 2. The van der Waals surface area contributed by atoms with Crippen LogP contribution in [0.2, 0.25) is 0 Å². The van der Waals surface area contributed by atoms with Crippen LogP contribution in [0.1, 0.15) is 46.8 Å². The molecular formula is C40H44N2O6. The lowest BCUT2D eigenvalue weighted by atomic mass is 9.73. The lowest BCUT2D eigenvalue weighted by molar-refractivity contribution is -0.144. The molecular weight excluding hydrogens is 604 g/mol. The van der Waals surface area contributed by atoms with Gasteiger partial charge in [0.05, 0.1) is 40.5 Å². The fraction of sp³-hybridized carbons (Fsp3) is 0.375. The minimum atomic E-state index is -0.343. The molecule has 3 heterocycles. The van der Waals surface area contributed by atoms with Gasteiger partial charge in [-0.1, -0.05) is 48.5 Å². The molecule has 2 bridgehead atoms. The van der Waals surface area contributed by atoms with Crippen LogP contribution in [-0.2, 0) is 28.8 Å². The van der Waals surface area contributed by atoms with E-state index < -0.39 is 0 Å². The van der Waals surface area contributed by atoms with Crippen molar-refractivity contribution in [2.75, 3.05) is 42.1 Å². The third-order valence-electron chi connectivity index (χ3n) is 10.7. The molecule has 0 unspecified atom stereocenters. The number of rotatable bonds is 9. The molecule has 4 aromatic carbocycles. The highest BCUT2D eigenvalue weighted by Gasteiger charge is 2.53. The SMILES string of the molecule is COc1cc2c(cc1OC)[C@@H]1[C@@H]3Cc4cc(OC)c(OC)cc4[C@H](COC(=O)/C=C/Cc4ccc5ccccc5c4)N3[C@@H](C)[C@H](C2)N1C. The first-order valence-electron chi connectivity index (χ1n) is 16.6. The molecule has 48 heavy (non-hydrogen) atoms. The zero-order valence-corrected chi connectivity index (χ0v) is 28.6. The number of carbonyl (C=O) groups excluding carboxylic acids is 1. The summed E-state index contributed by atoms with van der Waals surface area (Å²) in [6.45, 7) is 2.53. The number of piperazine rings is 1. The highest BCUT2D eigenvalue weighted by atomic mass is 16.5. The average molecular weight is 649 g/mol. The maximum absolute atomic E-state index is 13.2. The molecule has 0 spiro atoms. The molecule has 8 nitrogen and oxygen atoms in total. The first kappa shape index (κ1) is 32.0. The van der Waals surface area contributed by atoms with Crippen LogP contribution < -0.4 is 18.9 Å². The number of ether oxygens (including phenoxy) is 5. The summed E-state index contributed by atoms with van der Waals surface area (Å²) in [5.41, 5.74) is 5.98. The van der Waals surface area contributed by atoms with Crippen LogP contribution in [0.3, 0.4) is 0 Å². The van der Waals surface area contributed by atoms with Crippen molar-refractivity contribution in [1.82, 2.24) is 9.80 Å². The Kier molecular flexibility index (Phi) is 8.79. The molecule has 3 aliphatic rings. The number of fused-ring (bicyclic) bond motifs is 8. The van der Waals surface area contributed by atoms with Gasteiger partial charge in [0, 0.05) is 24.2 Å². The second kappa shape index (κ2) is 13.2. The van der Waals surface area contributed by atoms with Gasteiger partial charge in [-0.05, 0) is 96.1 Å². The Balaban J connectivity index is 1.19. The summed E-state index contributed by atoms with van der Waals surface area (Å²) in [5, 5.41) is 2.39. The van der Waals surface area contributed by atoms with E-state index in [0.717, 1.165) is 35.5 Å². The van der Waals surface area contributed by atoms with E-state index in [1.165, 1.54) is 27.5 Å². The third kappa shape index (κ3) is 5.57. The molecule has 0 radical (unpaired) electrons. The molecule has 3 aliphatic heterocycles. The second-order valence-electron chi connectivity index (χ2n) is 13.1. The summed E-state index contributed by atoms with van der Waals surface area (Å²) in [4.78, 5) is 18.3. The summed E-state index contributed by atoms with van der Waals surface area (Å²) >= 11 is 0. The zero-order chi connectivity index (χ0) is 33.5. The van der Waals surface area contributed by atoms with E-state index in [9.17, 15) is 4.79 Å². The number of methoxy groups -OCH3 is 4. The van der Waals surface area contributed by atoms with Crippen LogP contribution >= 0.6 is 0 Å². The van der Waals surface area contributed by atoms with E-state index in [1.54, 1.807) is 34.5 Å². The van der Waals surface area contributed by atoms with Gasteiger partial charge in [0.1, 0.15) is 6.61 Å². The molecule has 0 aromatic heterocycles. The Morgan fingerprint density at radius 1 is 0.771 bits per heavy atom. The summed E-state index contributed by atoms with van der Waals surface area (Å²) in [5.74, 6) is 2.52. The van der Waals surface area contributed by atoms with Gasteiger partial charge in [-0.25, -0.2) is 4.79 Å². The Morgan fingerprint density at radius 3 is 2.06 bits per heavy atom. The van der Waals surface area contributed by atoms with Crippen LogP contribution in [0.15, 0.2) is 78.9 Å². The normalized spacial score (nSPS) is 23.2. The molecule has 8 heteroatoms. The van der Waals surface area contributed by atoms with Gasteiger partial charge in [0.15, 0.2) is 23.0 Å². The largest absolute Gasteiger partial charge is 0.493 e. The number of hydrogen-bond donors (Lipinski definition) is 0. The standard InChI is InChI=1S/C40H44N2O6/c1-24-32-17-29-20-36(45-4)38(47-6)22-31(29)40(41(32)2)33-18-28-19-35(44-3)37(46-5)21-30(28)34(42(24)33)23-48-39(43)13-9-10-25-14-15-26-11-7-8-12-27(26)16-25/h7-9,11-16,19-22,24,32-34,40H,10,17-18,23H2,1-6H3/b13-9+/t24-,32-,33-,34-,40+/m0/s1. The Labute approximate surface area is 282 Å². The minimum Gasteiger partial charge on any atom is -0.493 e. The number of benzene rings is 4. The van der Waals surface area contributed by atoms with E-state index in [-0.39, 0.29) is 42.8 Å². The number of likely N-dealkylation sites (N-methyl/N-ethyl adjacent to an activating group) is 1. The number of allylic oxidation sites excluding steroid dienone is 1. The quantitative estimate of drug-likeness (QED) is 0.151. The highest BCUT2D eigenvalue weighted by Crippen LogP contribution is 2.52. The highest BCUT2D eigenvalue weighted by molar-refractivity contribution is 5.83. The predicted molar refractivity (Wildman–Crippen MR) is 186 cm³/mol. The maximum atomic E-state index is 13.2. The van der Waals surface area contributed by atoms with E-state index in [2.05, 4.69) is 78.4 Å². The number of esters is 1. The smallest absolute Gasteiger partial charge is 0.330 e. The Morgan fingerprint density at radius 2 is 1.38 bits per heavy atom. The van der Waals surface area contributed by atoms with Crippen molar-refractivity contribution in [3.05, 3.63) is 107 Å². The number of carbonyl (C=O) groups is 1. The average Bonchev–Trinajstić information content (AvgIpc) is 3.11. The van der Waals surface area contributed by atoms with Gasteiger partial charge in [-0.3, -0.25) is 9.80 Å². The van der Waals surface area contributed by atoms with Crippen molar-refractivity contribution in [3.63, 3.8) is 0 Å². The van der Waals surface area contributed by atoms with Gasteiger partial charge in [-0.15, -0.1) is 0 Å². The molecule has 0 N–H and O–H groups in total. The minimum absolute atomic E-state index is 0.107. The maximum Gasteiger partial charge on any atom is 0.330 e. The van der Waals surface area contributed by atoms with E-state index in [0.29, 0.717) is 17.9 Å². The van der Waals surface area contributed by atoms with Crippen LogP contribution in [0, 0.1) is 0 Å². The van der Waals surface area contributed by atoms with Crippen LogP contribution in [0.25, 0.3) is 10.8 Å². The Bertz CT molecular complexity index is 1870. The van der Waals surface area contributed by atoms with Crippen molar-refractivity contribution in [2.24, 2.45) is 0 Å². The first-order valence-corrected chi connectivity index (χ1v) is 16.6. The van der Waals surface area contributed by atoms with Crippen LogP contribution in [0.5, 0.6) is 23.0 Å². The van der Waals surface area contributed by atoms with Gasteiger partial charge in [0.2, 0.25) is 0 Å². The zero-order valence-electron chi connectivity index (χ0n) is 28.6.